The number of hydrogen-bond acceptors (Lipinski definition) is 6. The van der Waals surface area contributed by atoms with Gasteiger partial charge >= 0.3 is 0 Å². The Morgan fingerprint density at radius 1 is 1.12 bits per heavy atom. The van der Waals surface area contributed by atoms with E-state index in [-0.39, 0.29) is 5.75 Å². The lowest BCUT2D eigenvalue weighted by atomic mass is 10.2. The highest BCUT2D eigenvalue weighted by molar-refractivity contribution is 6.04. The summed E-state index contributed by atoms with van der Waals surface area (Å²) in [7, 11) is 1.94. The maximum atomic E-state index is 9.43. The number of aromatic nitrogens is 4. The first-order valence-corrected chi connectivity index (χ1v) is 7.38. The van der Waals surface area contributed by atoms with Crippen LogP contribution in [0.15, 0.2) is 53.6 Å². The molecular weight excluding hydrogens is 304 g/mol. The normalized spacial score (nSPS) is 11.5. The minimum atomic E-state index is 0.189. The van der Waals surface area contributed by atoms with Crippen LogP contribution >= 0.6 is 0 Å². The topological polar surface area (TPSA) is 88.2 Å². The minimum absolute atomic E-state index is 0.189. The van der Waals surface area contributed by atoms with Crippen LogP contribution in [0, 0.1) is 0 Å². The van der Waals surface area contributed by atoms with E-state index >= 15 is 0 Å². The number of aromatic hydroxyl groups is 1. The van der Waals surface area contributed by atoms with E-state index in [0.717, 1.165) is 27.6 Å². The molecule has 118 valence electrons. The van der Waals surface area contributed by atoms with Crippen molar-refractivity contribution in [3.8, 4) is 5.75 Å². The number of anilines is 1. The van der Waals surface area contributed by atoms with Gasteiger partial charge in [-0.05, 0) is 23.8 Å². The van der Waals surface area contributed by atoms with Gasteiger partial charge in [0.1, 0.15) is 11.3 Å². The highest BCUT2D eigenvalue weighted by Gasteiger charge is 2.11. The highest BCUT2D eigenvalue weighted by atomic mass is 16.3. The van der Waals surface area contributed by atoms with E-state index in [2.05, 4.69) is 25.7 Å². The van der Waals surface area contributed by atoms with E-state index in [9.17, 15) is 5.11 Å². The second-order valence-electron chi connectivity index (χ2n) is 5.35. The molecule has 0 saturated heterocycles. The molecule has 0 amide bonds. The Balaban J connectivity index is 1.66. The van der Waals surface area contributed by atoms with Crippen LogP contribution in [0.3, 0.4) is 0 Å². The molecule has 4 aromatic rings. The summed E-state index contributed by atoms with van der Waals surface area (Å²) in [5.41, 5.74) is 6.08. The van der Waals surface area contributed by atoms with Crippen LogP contribution < -0.4 is 5.43 Å². The second kappa shape index (κ2) is 5.62. The summed E-state index contributed by atoms with van der Waals surface area (Å²) in [5, 5.41) is 22.9. The van der Waals surface area contributed by atoms with Crippen LogP contribution in [0.1, 0.15) is 5.56 Å². The molecule has 2 heterocycles. The van der Waals surface area contributed by atoms with Crippen molar-refractivity contribution in [2.24, 2.45) is 12.1 Å². The smallest absolute Gasteiger partial charge is 0.265 e. The molecule has 0 spiro atoms. The van der Waals surface area contributed by atoms with Crippen molar-refractivity contribution >= 4 is 34.2 Å². The van der Waals surface area contributed by atoms with Gasteiger partial charge in [0.15, 0.2) is 5.65 Å². The fourth-order valence-corrected chi connectivity index (χ4v) is 2.62. The Morgan fingerprint density at radius 3 is 2.88 bits per heavy atom. The second-order valence-corrected chi connectivity index (χ2v) is 5.35. The highest BCUT2D eigenvalue weighted by Crippen LogP contribution is 2.24. The number of para-hydroxylation sites is 1. The van der Waals surface area contributed by atoms with Crippen LogP contribution in [0.5, 0.6) is 5.75 Å². The van der Waals surface area contributed by atoms with Crippen molar-refractivity contribution in [1.29, 1.82) is 0 Å². The molecule has 0 aliphatic heterocycles. The Morgan fingerprint density at radius 2 is 2.00 bits per heavy atom. The van der Waals surface area contributed by atoms with Gasteiger partial charge < -0.3 is 9.67 Å². The van der Waals surface area contributed by atoms with Crippen LogP contribution in [0.25, 0.3) is 22.1 Å². The van der Waals surface area contributed by atoms with E-state index in [1.807, 2.05) is 41.9 Å². The predicted octanol–water partition coefficient (Wildman–Crippen LogP) is 2.67. The quantitative estimate of drug-likeness (QED) is 0.448. The number of nitrogens with zero attached hydrogens (tertiary/aromatic N) is 5. The summed E-state index contributed by atoms with van der Waals surface area (Å²) < 4.78 is 1.98. The van der Waals surface area contributed by atoms with E-state index in [1.165, 1.54) is 0 Å². The molecule has 2 N–H and O–H groups in total. The summed E-state index contributed by atoms with van der Waals surface area (Å²) in [6.45, 7) is 0. The van der Waals surface area contributed by atoms with Gasteiger partial charge in [0, 0.05) is 12.4 Å². The van der Waals surface area contributed by atoms with Gasteiger partial charge in [-0.3, -0.25) is 0 Å². The molecule has 0 aliphatic carbocycles. The number of hydrogen-bond donors (Lipinski definition) is 2. The zero-order chi connectivity index (χ0) is 16.5. The average Bonchev–Trinajstić information content (AvgIpc) is 2.88. The maximum absolute atomic E-state index is 9.43. The fraction of sp³-hybridized carbons (Fsp3) is 0.0588. The maximum Gasteiger partial charge on any atom is 0.265 e. The summed E-state index contributed by atoms with van der Waals surface area (Å²) in [6.07, 6.45) is 1.58. The SMILES string of the molecule is Cn1c2ccccc2c2nnc(N/N=C\c3cccc(O)c3)nc21. The molecule has 0 radical (unpaired) electrons. The van der Waals surface area contributed by atoms with Gasteiger partial charge in [0.2, 0.25) is 0 Å². The molecule has 0 saturated carbocycles. The van der Waals surface area contributed by atoms with Gasteiger partial charge in [-0.25, -0.2) is 5.43 Å². The predicted molar refractivity (Wildman–Crippen MR) is 93.1 cm³/mol. The summed E-state index contributed by atoms with van der Waals surface area (Å²) in [5.74, 6) is 0.499. The first-order valence-electron chi connectivity index (χ1n) is 7.38. The van der Waals surface area contributed by atoms with Crippen molar-refractivity contribution < 1.29 is 5.11 Å². The van der Waals surface area contributed by atoms with E-state index in [4.69, 9.17) is 0 Å². The number of hydrazone groups is 1. The van der Waals surface area contributed by atoms with E-state index in [1.54, 1.807) is 24.4 Å². The van der Waals surface area contributed by atoms with Crippen molar-refractivity contribution in [3.05, 3.63) is 54.1 Å². The molecular formula is C17H14N6O. The standard InChI is InChI=1S/C17H14N6O/c1-23-14-8-3-2-7-13(14)15-16(23)19-17(22-20-15)21-18-10-11-5-4-6-12(24)9-11/h2-10,24H,1H3,(H,19,21,22)/b18-10-. The van der Waals surface area contributed by atoms with E-state index < -0.39 is 0 Å². The number of fused-ring (bicyclic) bond motifs is 3. The van der Waals surface area contributed by atoms with Gasteiger partial charge in [-0.15, -0.1) is 10.2 Å². The van der Waals surface area contributed by atoms with Crippen LogP contribution in [0.4, 0.5) is 5.95 Å². The van der Waals surface area contributed by atoms with Gasteiger partial charge in [0.05, 0.1) is 11.7 Å². The Labute approximate surface area is 137 Å². The number of benzene rings is 2. The molecule has 4 rings (SSSR count). The number of phenolic OH excluding ortho intramolecular Hbond substituents is 1. The largest absolute Gasteiger partial charge is 0.508 e. The molecule has 0 unspecified atom stereocenters. The lowest BCUT2D eigenvalue weighted by Crippen LogP contribution is -2.00. The molecule has 2 aromatic carbocycles. The van der Waals surface area contributed by atoms with Crippen LogP contribution in [0.2, 0.25) is 0 Å². The zero-order valence-corrected chi connectivity index (χ0v) is 12.9. The molecule has 24 heavy (non-hydrogen) atoms. The molecule has 0 aliphatic rings. The average molecular weight is 318 g/mol. The summed E-state index contributed by atoms with van der Waals surface area (Å²) >= 11 is 0. The molecule has 7 nitrogen and oxygen atoms in total. The van der Waals surface area contributed by atoms with Crippen molar-refractivity contribution in [2.75, 3.05) is 5.43 Å². The van der Waals surface area contributed by atoms with E-state index in [0.29, 0.717) is 5.95 Å². The zero-order valence-electron chi connectivity index (χ0n) is 12.9. The lowest BCUT2D eigenvalue weighted by Gasteiger charge is -1.99. The van der Waals surface area contributed by atoms with Crippen molar-refractivity contribution in [1.82, 2.24) is 19.7 Å². The molecule has 0 bridgehead atoms. The summed E-state index contributed by atoms with van der Waals surface area (Å²) in [6, 6.07) is 14.8. The van der Waals surface area contributed by atoms with Gasteiger partial charge in [0.25, 0.3) is 5.95 Å². The van der Waals surface area contributed by atoms with Gasteiger partial charge in [-0.2, -0.15) is 10.1 Å². The third-order valence-corrected chi connectivity index (χ3v) is 3.75. The summed E-state index contributed by atoms with van der Waals surface area (Å²) in [4.78, 5) is 4.48. The molecule has 0 fully saturated rings. The third-order valence-electron chi connectivity index (χ3n) is 3.75. The van der Waals surface area contributed by atoms with Gasteiger partial charge in [-0.1, -0.05) is 30.3 Å². The van der Waals surface area contributed by atoms with Crippen molar-refractivity contribution in [2.45, 2.75) is 0 Å². The number of phenols is 1. The monoisotopic (exact) mass is 318 g/mol. The Bertz CT molecular complexity index is 1070. The molecule has 0 atom stereocenters. The minimum Gasteiger partial charge on any atom is -0.508 e. The molecule has 2 aromatic heterocycles. The fourth-order valence-electron chi connectivity index (χ4n) is 2.62. The first kappa shape index (κ1) is 14.1. The van der Waals surface area contributed by atoms with Crippen molar-refractivity contribution in [3.63, 3.8) is 0 Å². The van der Waals surface area contributed by atoms with Crippen LogP contribution in [-0.4, -0.2) is 31.1 Å². The lowest BCUT2D eigenvalue weighted by molar-refractivity contribution is 0.475. The number of nitrogens with one attached hydrogen (secondary N) is 1. The first-order chi connectivity index (χ1) is 11.7. The number of aryl methyl sites for hydroxylation is 1. The Hall–Kier alpha value is -3.48. The number of rotatable bonds is 3. The van der Waals surface area contributed by atoms with Crippen LogP contribution in [-0.2, 0) is 7.05 Å². The Kier molecular flexibility index (Phi) is 3.31. The molecule has 7 heteroatoms. The third kappa shape index (κ3) is 2.41.